The molecule has 5 rings (SSSR count). The summed E-state index contributed by atoms with van der Waals surface area (Å²) in [5, 5.41) is 12.0. The fourth-order valence-corrected chi connectivity index (χ4v) is 4.34. The van der Waals surface area contributed by atoms with Gasteiger partial charge in [0.05, 0.1) is 15.8 Å². The third-order valence-electron chi connectivity index (χ3n) is 5.32. The topological polar surface area (TPSA) is 92.5 Å². The van der Waals surface area contributed by atoms with E-state index in [1.807, 2.05) is 30.3 Å². The first kappa shape index (κ1) is 20.5. The lowest BCUT2D eigenvalue weighted by Crippen LogP contribution is -2.30. The molecule has 7 nitrogen and oxygen atoms in total. The van der Waals surface area contributed by atoms with Crippen molar-refractivity contribution in [3.05, 3.63) is 110 Å². The molecule has 0 N–H and O–H groups in total. The van der Waals surface area contributed by atoms with E-state index in [0.29, 0.717) is 34.5 Å². The summed E-state index contributed by atoms with van der Waals surface area (Å²) in [6.45, 7) is 0.391. The second kappa shape index (κ2) is 8.65. The molecule has 0 spiro atoms. The monoisotopic (exact) mass is 451 g/mol. The number of nitriles is 1. The van der Waals surface area contributed by atoms with Gasteiger partial charge in [0.25, 0.3) is 11.5 Å². The Morgan fingerprint density at radius 1 is 1.09 bits per heavy atom. The Bertz CT molecular complexity index is 1660. The van der Waals surface area contributed by atoms with Crippen molar-refractivity contribution in [1.29, 1.82) is 5.26 Å². The second-order valence-corrected chi connectivity index (χ2v) is 8.31. The quantitative estimate of drug-likeness (QED) is 0.391. The number of hydrogen-bond acceptors (Lipinski definition) is 5. The zero-order valence-corrected chi connectivity index (χ0v) is 18.2. The first-order valence-electron chi connectivity index (χ1n) is 10.3. The number of aromatic nitrogens is 3. The fourth-order valence-electron chi connectivity index (χ4n) is 3.73. The predicted molar refractivity (Wildman–Crippen MR) is 126 cm³/mol. The van der Waals surface area contributed by atoms with Gasteiger partial charge in [-0.05, 0) is 41.6 Å². The summed E-state index contributed by atoms with van der Waals surface area (Å²) in [5.41, 5.74) is 2.01. The molecule has 33 heavy (non-hydrogen) atoms. The van der Waals surface area contributed by atoms with Crippen molar-refractivity contribution in [2.24, 2.45) is 4.99 Å². The SMILES string of the molecule is N#Cc1cc2c(=O)n3ccccc3nc2n(CCc2ccccc2)c1=NC(=O)c1cccs1. The molecule has 0 fully saturated rings. The van der Waals surface area contributed by atoms with E-state index in [1.54, 1.807) is 46.5 Å². The minimum Gasteiger partial charge on any atom is -0.309 e. The number of aryl methyl sites for hydroxylation is 2. The molecular weight excluding hydrogens is 434 g/mol. The molecule has 0 unspecified atom stereocenters. The van der Waals surface area contributed by atoms with Crippen molar-refractivity contribution in [3.63, 3.8) is 0 Å². The van der Waals surface area contributed by atoms with E-state index in [0.717, 1.165) is 5.56 Å². The summed E-state index contributed by atoms with van der Waals surface area (Å²) in [6, 6.07) is 22.2. The molecule has 0 aliphatic heterocycles. The highest BCUT2D eigenvalue weighted by Gasteiger charge is 2.16. The molecular formula is C25H17N5O2S. The number of carbonyl (C=O) groups excluding carboxylic acids is 1. The lowest BCUT2D eigenvalue weighted by molar-refractivity contribution is 0.100. The van der Waals surface area contributed by atoms with Crippen molar-refractivity contribution in [2.75, 3.05) is 0 Å². The maximum atomic E-state index is 13.2. The molecule has 1 aromatic carbocycles. The number of carbonyl (C=O) groups is 1. The number of pyridine rings is 2. The molecule has 8 heteroatoms. The van der Waals surface area contributed by atoms with Crippen LogP contribution in [0.4, 0.5) is 0 Å². The molecule has 0 aliphatic rings. The summed E-state index contributed by atoms with van der Waals surface area (Å²) in [6.07, 6.45) is 2.25. The van der Waals surface area contributed by atoms with Crippen molar-refractivity contribution < 1.29 is 4.79 Å². The maximum absolute atomic E-state index is 13.2. The average molecular weight is 452 g/mol. The highest BCUT2D eigenvalue weighted by atomic mass is 32.1. The number of nitrogens with zero attached hydrogens (tertiary/aromatic N) is 5. The van der Waals surface area contributed by atoms with Crippen LogP contribution in [0.15, 0.2) is 88.1 Å². The van der Waals surface area contributed by atoms with E-state index < -0.39 is 5.91 Å². The minimum atomic E-state index is -0.438. The standard InChI is InChI=1S/C25H17N5O2S/c26-16-18-15-19-23(27-21-10-4-5-12-29(21)25(19)32)30(13-11-17-7-2-1-3-8-17)22(18)28-24(31)20-9-6-14-33-20/h1-10,12,14-15H,11,13H2. The number of thiophene rings is 1. The molecule has 0 saturated heterocycles. The second-order valence-electron chi connectivity index (χ2n) is 7.36. The molecule has 4 heterocycles. The third-order valence-corrected chi connectivity index (χ3v) is 6.17. The van der Waals surface area contributed by atoms with Crippen LogP contribution in [-0.2, 0) is 13.0 Å². The van der Waals surface area contributed by atoms with Crippen molar-refractivity contribution >= 4 is 33.9 Å². The van der Waals surface area contributed by atoms with Gasteiger partial charge < -0.3 is 4.57 Å². The Kier molecular flexibility index (Phi) is 5.39. The fraction of sp³-hybridized carbons (Fsp3) is 0.0800. The smallest absolute Gasteiger partial charge is 0.289 e. The summed E-state index contributed by atoms with van der Waals surface area (Å²) in [5.74, 6) is -0.438. The summed E-state index contributed by atoms with van der Waals surface area (Å²) in [4.78, 5) is 35.5. The highest BCUT2D eigenvalue weighted by Crippen LogP contribution is 2.13. The maximum Gasteiger partial charge on any atom is 0.289 e. The van der Waals surface area contributed by atoms with Crippen LogP contribution in [-0.4, -0.2) is 19.9 Å². The van der Waals surface area contributed by atoms with Gasteiger partial charge in [0.1, 0.15) is 17.4 Å². The van der Waals surface area contributed by atoms with Gasteiger partial charge in [-0.1, -0.05) is 42.5 Å². The van der Waals surface area contributed by atoms with E-state index >= 15 is 0 Å². The molecule has 5 aromatic rings. The Hall–Kier alpha value is -4.35. The first-order valence-corrected chi connectivity index (χ1v) is 11.2. The van der Waals surface area contributed by atoms with E-state index in [2.05, 4.69) is 11.1 Å². The predicted octanol–water partition coefficient (Wildman–Crippen LogP) is 3.57. The molecule has 4 aromatic heterocycles. The van der Waals surface area contributed by atoms with Gasteiger partial charge >= 0.3 is 0 Å². The third kappa shape index (κ3) is 3.86. The van der Waals surface area contributed by atoms with Crippen LogP contribution in [0.5, 0.6) is 0 Å². The number of rotatable bonds is 4. The number of amides is 1. The number of hydrogen-bond donors (Lipinski definition) is 0. The van der Waals surface area contributed by atoms with Crippen LogP contribution in [0, 0.1) is 11.3 Å². The van der Waals surface area contributed by atoms with Gasteiger partial charge in [0.15, 0.2) is 5.49 Å². The molecule has 160 valence electrons. The summed E-state index contributed by atoms with van der Waals surface area (Å²) in [7, 11) is 0. The Morgan fingerprint density at radius 3 is 2.67 bits per heavy atom. The average Bonchev–Trinajstić information content (AvgIpc) is 3.39. The van der Waals surface area contributed by atoms with Gasteiger partial charge in [-0.15, -0.1) is 11.3 Å². The van der Waals surface area contributed by atoms with Crippen LogP contribution < -0.4 is 11.0 Å². The largest absolute Gasteiger partial charge is 0.309 e. The van der Waals surface area contributed by atoms with Crippen molar-refractivity contribution in [3.8, 4) is 6.07 Å². The van der Waals surface area contributed by atoms with Gasteiger partial charge in [-0.25, -0.2) is 4.98 Å². The molecule has 1 amide bonds. The molecule has 0 radical (unpaired) electrons. The summed E-state index contributed by atoms with van der Waals surface area (Å²) < 4.78 is 3.15. The zero-order chi connectivity index (χ0) is 22.8. The van der Waals surface area contributed by atoms with E-state index in [4.69, 9.17) is 4.98 Å². The number of fused-ring (bicyclic) bond motifs is 2. The van der Waals surface area contributed by atoms with E-state index in [1.165, 1.54) is 21.8 Å². The normalized spacial score (nSPS) is 11.7. The van der Waals surface area contributed by atoms with Crippen LogP contribution in [0.2, 0.25) is 0 Å². The van der Waals surface area contributed by atoms with Crippen molar-refractivity contribution in [2.45, 2.75) is 13.0 Å². The van der Waals surface area contributed by atoms with Gasteiger partial charge in [0, 0.05) is 12.7 Å². The van der Waals surface area contributed by atoms with Gasteiger partial charge in [-0.3, -0.25) is 14.0 Å². The van der Waals surface area contributed by atoms with E-state index in [9.17, 15) is 14.9 Å². The number of benzene rings is 1. The molecule has 0 saturated carbocycles. The van der Waals surface area contributed by atoms with Crippen LogP contribution in [0.1, 0.15) is 20.8 Å². The summed E-state index contributed by atoms with van der Waals surface area (Å²) >= 11 is 1.28. The van der Waals surface area contributed by atoms with E-state index in [-0.39, 0.29) is 16.6 Å². The van der Waals surface area contributed by atoms with Crippen molar-refractivity contribution in [1.82, 2.24) is 14.0 Å². The van der Waals surface area contributed by atoms with Gasteiger partial charge in [0.2, 0.25) is 0 Å². The molecule has 0 aliphatic carbocycles. The molecule has 0 atom stereocenters. The van der Waals surface area contributed by atoms with Gasteiger partial charge in [-0.2, -0.15) is 10.3 Å². The van der Waals surface area contributed by atoms with Crippen LogP contribution in [0.3, 0.4) is 0 Å². The Morgan fingerprint density at radius 2 is 1.91 bits per heavy atom. The lowest BCUT2D eigenvalue weighted by Gasteiger charge is -2.13. The Balaban J connectivity index is 1.81. The van der Waals surface area contributed by atoms with Crippen LogP contribution in [0.25, 0.3) is 16.7 Å². The Labute approximate surface area is 192 Å². The lowest BCUT2D eigenvalue weighted by atomic mass is 10.1. The highest BCUT2D eigenvalue weighted by molar-refractivity contribution is 7.12. The minimum absolute atomic E-state index is 0.148. The first-order chi connectivity index (χ1) is 16.2. The zero-order valence-electron chi connectivity index (χ0n) is 17.4. The van der Waals surface area contributed by atoms with Crippen LogP contribution >= 0.6 is 11.3 Å². The molecule has 0 bridgehead atoms.